The smallest absolute Gasteiger partial charge is 0.251 e. The highest BCUT2D eigenvalue weighted by molar-refractivity contribution is 8.04. The number of thiocyanates is 1. The van der Waals surface area contributed by atoms with E-state index in [1.54, 1.807) is 31.2 Å². The van der Waals surface area contributed by atoms with Crippen LogP contribution in [0.2, 0.25) is 0 Å². The van der Waals surface area contributed by atoms with E-state index in [1.807, 2.05) is 6.92 Å². The molecule has 2 atom stereocenters. The highest BCUT2D eigenvalue weighted by Crippen LogP contribution is 2.27. The first-order valence-electron chi connectivity index (χ1n) is 9.97. The molecule has 0 saturated carbocycles. The summed E-state index contributed by atoms with van der Waals surface area (Å²) in [4.78, 5) is 11.5. The van der Waals surface area contributed by atoms with Crippen molar-refractivity contribution in [3.8, 4) is 11.2 Å². The van der Waals surface area contributed by atoms with E-state index in [-0.39, 0.29) is 17.8 Å². The molecular formula is C21H33N3O4S2. The molecule has 0 aliphatic carbocycles. The molecular weight excluding hydrogens is 422 g/mol. The third-order valence-corrected chi connectivity index (χ3v) is 4.72. The summed E-state index contributed by atoms with van der Waals surface area (Å²) in [5, 5.41) is 17.4. The molecule has 0 aromatic heterocycles. The summed E-state index contributed by atoms with van der Waals surface area (Å²) < 4.78 is 17.1. The second kappa shape index (κ2) is 14.5. The Morgan fingerprint density at radius 2 is 2.07 bits per heavy atom. The predicted octanol–water partition coefficient (Wildman–Crippen LogP) is 3.08. The molecule has 0 aliphatic heterocycles. The Bertz CT molecular complexity index is 682. The maximum absolute atomic E-state index is 12.3. The van der Waals surface area contributed by atoms with Crippen LogP contribution in [0, 0.1) is 10.7 Å². The Kier molecular flexibility index (Phi) is 12.9. The van der Waals surface area contributed by atoms with Gasteiger partial charge in [-0.2, -0.15) is 17.9 Å². The van der Waals surface area contributed by atoms with Crippen molar-refractivity contribution in [2.24, 2.45) is 0 Å². The lowest BCUT2D eigenvalue weighted by molar-refractivity contribution is -0.0239. The Balaban J connectivity index is 2.54. The van der Waals surface area contributed by atoms with E-state index in [0.717, 1.165) is 11.8 Å². The first-order valence-corrected chi connectivity index (χ1v) is 11.3. The number of rotatable bonds is 15. The van der Waals surface area contributed by atoms with Crippen molar-refractivity contribution in [2.75, 3.05) is 39.5 Å². The SMILES string of the molecule is CC(S)COCCOC(C)(COc1cccc(C(=O)NCCNC(C)C)c1)SC#N. The lowest BCUT2D eigenvalue weighted by Gasteiger charge is -2.26. The van der Waals surface area contributed by atoms with Crippen molar-refractivity contribution in [2.45, 2.75) is 43.9 Å². The number of thiol groups is 1. The third-order valence-electron chi connectivity index (χ3n) is 3.82. The van der Waals surface area contributed by atoms with E-state index in [0.29, 0.717) is 50.3 Å². The highest BCUT2D eigenvalue weighted by atomic mass is 32.2. The van der Waals surface area contributed by atoms with Gasteiger partial charge in [-0.25, -0.2) is 0 Å². The van der Waals surface area contributed by atoms with Crippen LogP contribution in [-0.4, -0.2) is 61.6 Å². The van der Waals surface area contributed by atoms with Crippen molar-refractivity contribution in [1.82, 2.24) is 10.6 Å². The summed E-state index contributed by atoms with van der Waals surface area (Å²) in [6.45, 7) is 10.5. The average molecular weight is 456 g/mol. The molecule has 2 unspecified atom stereocenters. The van der Waals surface area contributed by atoms with Crippen LogP contribution in [0.15, 0.2) is 24.3 Å². The molecule has 1 rings (SSSR count). The minimum absolute atomic E-state index is 0.150. The van der Waals surface area contributed by atoms with Gasteiger partial charge in [0.05, 0.1) is 19.8 Å². The summed E-state index contributed by atoms with van der Waals surface area (Å²) in [6, 6.07) is 7.32. The van der Waals surface area contributed by atoms with Gasteiger partial charge in [0.25, 0.3) is 5.91 Å². The molecule has 0 saturated heterocycles. The van der Waals surface area contributed by atoms with Crippen LogP contribution in [-0.2, 0) is 9.47 Å². The van der Waals surface area contributed by atoms with Crippen LogP contribution in [0.4, 0.5) is 0 Å². The molecule has 7 nitrogen and oxygen atoms in total. The summed E-state index contributed by atoms with van der Waals surface area (Å²) >= 11 is 5.24. The summed E-state index contributed by atoms with van der Waals surface area (Å²) in [5.41, 5.74) is 0.516. The van der Waals surface area contributed by atoms with Crippen molar-refractivity contribution in [3.63, 3.8) is 0 Å². The number of amides is 1. The minimum atomic E-state index is -0.856. The molecule has 1 aromatic carbocycles. The third kappa shape index (κ3) is 11.7. The number of ether oxygens (including phenoxy) is 3. The van der Waals surface area contributed by atoms with Crippen LogP contribution >= 0.6 is 24.4 Å². The van der Waals surface area contributed by atoms with Gasteiger partial charge < -0.3 is 24.8 Å². The Morgan fingerprint density at radius 1 is 1.30 bits per heavy atom. The molecule has 0 heterocycles. The molecule has 1 aromatic rings. The second-order valence-electron chi connectivity index (χ2n) is 7.28. The maximum atomic E-state index is 12.3. The average Bonchev–Trinajstić information content (AvgIpc) is 2.69. The van der Waals surface area contributed by atoms with E-state index in [4.69, 9.17) is 19.5 Å². The summed E-state index contributed by atoms with van der Waals surface area (Å²) in [5.74, 6) is 0.378. The Morgan fingerprint density at radius 3 is 2.73 bits per heavy atom. The molecule has 0 spiro atoms. The highest BCUT2D eigenvalue weighted by Gasteiger charge is 2.27. The van der Waals surface area contributed by atoms with Gasteiger partial charge in [-0.3, -0.25) is 4.79 Å². The number of benzene rings is 1. The van der Waals surface area contributed by atoms with Crippen LogP contribution in [0.5, 0.6) is 5.75 Å². The summed E-state index contributed by atoms with van der Waals surface area (Å²) in [6.07, 6.45) is 0. The molecule has 0 fully saturated rings. The van der Waals surface area contributed by atoms with E-state index < -0.39 is 4.93 Å². The number of thioether (sulfide) groups is 1. The van der Waals surface area contributed by atoms with Crippen molar-refractivity contribution in [1.29, 1.82) is 5.26 Å². The van der Waals surface area contributed by atoms with E-state index in [1.165, 1.54) is 0 Å². The lowest BCUT2D eigenvalue weighted by Crippen LogP contribution is -2.34. The number of carbonyl (C=O) groups excluding carboxylic acids is 1. The van der Waals surface area contributed by atoms with E-state index in [2.05, 4.69) is 42.5 Å². The predicted molar refractivity (Wildman–Crippen MR) is 124 cm³/mol. The number of nitrogens with zero attached hydrogens (tertiary/aromatic N) is 1. The quantitative estimate of drug-likeness (QED) is 0.162. The number of nitriles is 1. The molecule has 1 amide bonds. The summed E-state index contributed by atoms with van der Waals surface area (Å²) in [7, 11) is 0. The van der Waals surface area contributed by atoms with Gasteiger partial charge >= 0.3 is 0 Å². The van der Waals surface area contributed by atoms with Gasteiger partial charge in [0.15, 0.2) is 4.93 Å². The molecule has 0 aliphatic rings. The zero-order valence-electron chi connectivity index (χ0n) is 18.1. The number of carbonyl (C=O) groups is 1. The van der Waals surface area contributed by atoms with Gasteiger partial charge in [-0.05, 0) is 36.9 Å². The normalized spacial score (nSPS) is 14.0. The first kappa shape index (κ1) is 26.6. The zero-order valence-corrected chi connectivity index (χ0v) is 19.9. The monoisotopic (exact) mass is 455 g/mol. The Labute approximate surface area is 189 Å². The number of hydrogen-bond acceptors (Lipinski definition) is 8. The van der Waals surface area contributed by atoms with Crippen LogP contribution in [0.1, 0.15) is 38.1 Å². The zero-order chi connectivity index (χ0) is 22.4. The first-order chi connectivity index (χ1) is 14.3. The molecule has 0 bridgehead atoms. The Hall–Kier alpha value is -1.44. The number of nitrogens with one attached hydrogen (secondary N) is 2. The van der Waals surface area contributed by atoms with Gasteiger partial charge in [0.1, 0.15) is 17.8 Å². The topological polar surface area (TPSA) is 92.6 Å². The van der Waals surface area contributed by atoms with Crippen molar-refractivity contribution in [3.05, 3.63) is 29.8 Å². The largest absolute Gasteiger partial charge is 0.490 e. The van der Waals surface area contributed by atoms with Gasteiger partial charge in [-0.1, -0.05) is 26.8 Å². The maximum Gasteiger partial charge on any atom is 0.251 e. The van der Waals surface area contributed by atoms with Crippen LogP contribution in [0.3, 0.4) is 0 Å². The fraction of sp³-hybridized carbons (Fsp3) is 0.619. The van der Waals surface area contributed by atoms with Gasteiger partial charge in [0, 0.05) is 29.9 Å². The van der Waals surface area contributed by atoms with Gasteiger partial charge in [-0.15, -0.1) is 0 Å². The molecule has 30 heavy (non-hydrogen) atoms. The molecule has 0 radical (unpaired) electrons. The van der Waals surface area contributed by atoms with E-state index >= 15 is 0 Å². The lowest BCUT2D eigenvalue weighted by atomic mass is 10.2. The standard InChI is InChI=1S/C21H33N3O4S2/c1-16(2)23-8-9-24-20(25)18-6-5-7-19(12-18)27-14-21(4,30-15-22)28-11-10-26-13-17(3)29/h5-7,12,16-17,23,29H,8-11,13-14H2,1-4H3,(H,24,25). The van der Waals surface area contributed by atoms with E-state index in [9.17, 15) is 4.79 Å². The fourth-order valence-corrected chi connectivity index (χ4v) is 2.91. The second-order valence-corrected chi connectivity index (χ2v) is 9.41. The number of hydrogen-bond donors (Lipinski definition) is 3. The molecule has 9 heteroatoms. The minimum Gasteiger partial charge on any atom is -0.490 e. The van der Waals surface area contributed by atoms with Crippen LogP contribution in [0.25, 0.3) is 0 Å². The van der Waals surface area contributed by atoms with Crippen LogP contribution < -0.4 is 15.4 Å². The van der Waals surface area contributed by atoms with Crippen molar-refractivity contribution >= 4 is 30.3 Å². The molecule has 168 valence electrons. The fourth-order valence-electron chi connectivity index (χ4n) is 2.35. The van der Waals surface area contributed by atoms with Crippen molar-refractivity contribution < 1.29 is 19.0 Å². The molecule has 2 N–H and O–H groups in total. The van der Waals surface area contributed by atoms with Gasteiger partial charge in [0.2, 0.25) is 0 Å².